The van der Waals surface area contributed by atoms with E-state index in [9.17, 15) is 0 Å². The molecule has 1 aliphatic rings. The molecule has 1 aliphatic heterocycles. The number of ether oxygens (including phenoxy) is 1. The molecule has 0 N–H and O–H groups in total. The Hall–Kier alpha value is -1.41. The van der Waals surface area contributed by atoms with Crippen molar-refractivity contribution < 1.29 is 4.74 Å². The van der Waals surface area contributed by atoms with E-state index in [1.165, 1.54) is 17.2 Å². The Bertz CT molecular complexity index is 327. The maximum absolute atomic E-state index is 4.72. The van der Waals surface area contributed by atoms with Gasteiger partial charge >= 0.3 is 0 Å². The van der Waals surface area contributed by atoms with Crippen molar-refractivity contribution in [2.45, 2.75) is 6.42 Å². The van der Waals surface area contributed by atoms with Gasteiger partial charge in [0.05, 0.1) is 0 Å². The topological polar surface area (TPSA) is 22.1 Å². The van der Waals surface area contributed by atoms with Crippen LogP contribution in [0.5, 0.6) is 0 Å². The molecule has 1 aromatic heterocycles. The summed E-state index contributed by atoms with van der Waals surface area (Å²) in [5.74, 6) is 0. The smallest absolute Gasteiger partial charge is 0.0488 e. The van der Waals surface area contributed by atoms with Crippen molar-refractivity contribution in [3.8, 4) is 0 Å². The lowest BCUT2D eigenvalue weighted by Crippen LogP contribution is -2.09. The molecule has 0 atom stereocenters. The summed E-state index contributed by atoms with van der Waals surface area (Å²) in [6.07, 6.45) is 4.96. The fourth-order valence-corrected chi connectivity index (χ4v) is 1.17. The second-order valence-corrected chi connectivity index (χ2v) is 3.19. The molecule has 14 heavy (non-hydrogen) atoms. The third-order valence-corrected chi connectivity index (χ3v) is 2.13. The Kier molecular flexibility index (Phi) is 3.09. The normalized spacial score (nSPS) is 14.0. The van der Waals surface area contributed by atoms with E-state index in [1.807, 2.05) is 30.6 Å². The minimum absolute atomic E-state index is 1.00. The molecule has 0 spiro atoms. The molecule has 0 radical (unpaired) electrons. The Labute approximate surface area is 83.5 Å². The molecule has 72 valence electrons. The zero-order valence-corrected chi connectivity index (χ0v) is 8.02. The molecule has 0 aliphatic carbocycles. The van der Waals surface area contributed by atoms with Crippen LogP contribution >= 0.6 is 0 Å². The standard InChI is InChI=1S/C9H7N.C3H6O/c1-2-4-9-7-10-6-5-8(9)3-1;1-2-4-3-1/h1-7H;1-3H2. The summed E-state index contributed by atoms with van der Waals surface area (Å²) in [7, 11) is 0. The Morgan fingerprint density at radius 2 is 1.64 bits per heavy atom. The number of hydrogen-bond acceptors (Lipinski definition) is 2. The van der Waals surface area contributed by atoms with Gasteiger partial charge in [0.2, 0.25) is 0 Å². The summed E-state index contributed by atoms with van der Waals surface area (Å²) < 4.78 is 4.72. The molecule has 2 heteroatoms. The van der Waals surface area contributed by atoms with Gasteiger partial charge < -0.3 is 4.74 Å². The van der Waals surface area contributed by atoms with Crippen LogP contribution in [0.4, 0.5) is 0 Å². The van der Waals surface area contributed by atoms with Gasteiger partial charge in [0.15, 0.2) is 0 Å². The fraction of sp³-hybridized carbons (Fsp3) is 0.250. The Morgan fingerprint density at radius 1 is 1.00 bits per heavy atom. The van der Waals surface area contributed by atoms with Gasteiger partial charge in [0.25, 0.3) is 0 Å². The summed E-state index contributed by atoms with van der Waals surface area (Å²) in [4.78, 5) is 4.01. The van der Waals surface area contributed by atoms with Gasteiger partial charge in [-0.15, -0.1) is 0 Å². The first-order valence-corrected chi connectivity index (χ1v) is 4.83. The van der Waals surface area contributed by atoms with E-state index < -0.39 is 0 Å². The number of hydrogen-bond donors (Lipinski definition) is 0. The van der Waals surface area contributed by atoms with E-state index in [0.717, 1.165) is 13.2 Å². The van der Waals surface area contributed by atoms with Crippen LogP contribution in [0.15, 0.2) is 42.7 Å². The highest BCUT2D eigenvalue weighted by Crippen LogP contribution is 2.09. The van der Waals surface area contributed by atoms with Crippen molar-refractivity contribution in [3.63, 3.8) is 0 Å². The molecule has 1 aromatic carbocycles. The zero-order chi connectivity index (χ0) is 9.64. The molecule has 0 unspecified atom stereocenters. The molecule has 2 aromatic rings. The molecular weight excluding hydrogens is 174 g/mol. The Balaban J connectivity index is 0.000000157. The monoisotopic (exact) mass is 187 g/mol. The van der Waals surface area contributed by atoms with E-state index in [2.05, 4.69) is 17.1 Å². The van der Waals surface area contributed by atoms with Crippen LogP contribution in [0.1, 0.15) is 6.42 Å². The largest absolute Gasteiger partial charge is 0.381 e. The highest BCUT2D eigenvalue weighted by molar-refractivity contribution is 5.80. The number of fused-ring (bicyclic) bond motifs is 1. The molecule has 1 fully saturated rings. The van der Waals surface area contributed by atoms with Crippen LogP contribution in [0.2, 0.25) is 0 Å². The molecule has 3 rings (SSSR count). The second-order valence-electron chi connectivity index (χ2n) is 3.19. The highest BCUT2D eigenvalue weighted by Gasteiger charge is 1.94. The molecule has 0 amide bonds. The van der Waals surface area contributed by atoms with Gasteiger partial charge in [-0.3, -0.25) is 4.98 Å². The SMILES string of the molecule is C1COC1.c1ccc2cnccc2c1. The summed E-state index contributed by atoms with van der Waals surface area (Å²) in [5, 5.41) is 2.45. The van der Waals surface area contributed by atoms with E-state index in [-0.39, 0.29) is 0 Å². The average Bonchev–Trinajstić information content (AvgIpc) is 2.16. The molecule has 2 nitrogen and oxygen atoms in total. The van der Waals surface area contributed by atoms with Gasteiger partial charge in [-0.1, -0.05) is 24.3 Å². The maximum atomic E-state index is 4.72. The summed E-state index contributed by atoms with van der Waals surface area (Å²) in [5.41, 5.74) is 0. The van der Waals surface area contributed by atoms with E-state index in [0.29, 0.717) is 0 Å². The minimum Gasteiger partial charge on any atom is -0.381 e. The maximum Gasteiger partial charge on any atom is 0.0488 e. The van der Waals surface area contributed by atoms with Gasteiger partial charge in [-0.2, -0.15) is 0 Å². The molecular formula is C12H13NO. The second kappa shape index (κ2) is 4.72. The number of nitrogens with zero attached hydrogens (tertiary/aromatic N) is 1. The number of pyridine rings is 1. The fourth-order valence-electron chi connectivity index (χ4n) is 1.17. The molecule has 2 heterocycles. The first-order chi connectivity index (χ1) is 6.97. The lowest BCUT2D eigenvalue weighted by Gasteiger charge is -2.09. The van der Waals surface area contributed by atoms with Gasteiger partial charge in [-0.05, 0) is 23.3 Å². The number of aromatic nitrogens is 1. The third kappa shape index (κ3) is 2.30. The van der Waals surface area contributed by atoms with E-state index >= 15 is 0 Å². The zero-order valence-electron chi connectivity index (χ0n) is 8.02. The minimum atomic E-state index is 1.00. The first kappa shape index (κ1) is 9.16. The van der Waals surface area contributed by atoms with Crippen LogP contribution in [-0.4, -0.2) is 18.2 Å². The van der Waals surface area contributed by atoms with Crippen molar-refractivity contribution in [1.82, 2.24) is 4.98 Å². The summed E-state index contributed by atoms with van der Waals surface area (Å²) in [6.45, 7) is 2.00. The third-order valence-electron chi connectivity index (χ3n) is 2.13. The van der Waals surface area contributed by atoms with Crippen molar-refractivity contribution in [2.75, 3.05) is 13.2 Å². The van der Waals surface area contributed by atoms with E-state index in [4.69, 9.17) is 4.74 Å². The van der Waals surface area contributed by atoms with Gasteiger partial charge in [0, 0.05) is 25.6 Å². The predicted octanol–water partition coefficient (Wildman–Crippen LogP) is 2.64. The van der Waals surface area contributed by atoms with Crippen molar-refractivity contribution in [1.29, 1.82) is 0 Å². The quantitative estimate of drug-likeness (QED) is 0.632. The van der Waals surface area contributed by atoms with Crippen LogP contribution in [-0.2, 0) is 4.74 Å². The average molecular weight is 187 g/mol. The lowest BCUT2D eigenvalue weighted by molar-refractivity contribution is 0.0367. The molecule has 0 saturated carbocycles. The molecule has 0 bridgehead atoms. The predicted molar refractivity (Wildman–Crippen MR) is 57.2 cm³/mol. The molecule has 1 saturated heterocycles. The summed E-state index contributed by atoms with van der Waals surface area (Å²) in [6, 6.07) is 10.2. The number of benzene rings is 1. The van der Waals surface area contributed by atoms with Crippen molar-refractivity contribution >= 4 is 10.8 Å². The van der Waals surface area contributed by atoms with Crippen LogP contribution in [0.25, 0.3) is 10.8 Å². The van der Waals surface area contributed by atoms with Crippen molar-refractivity contribution in [2.24, 2.45) is 0 Å². The van der Waals surface area contributed by atoms with Crippen LogP contribution in [0.3, 0.4) is 0 Å². The highest BCUT2D eigenvalue weighted by atomic mass is 16.5. The van der Waals surface area contributed by atoms with Crippen LogP contribution in [0, 0.1) is 0 Å². The van der Waals surface area contributed by atoms with Gasteiger partial charge in [-0.25, -0.2) is 0 Å². The summed E-state index contributed by atoms with van der Waals surface area (Å²) >= 11 is 0. The lowest BCUT2D eigenvalue weighted by atomic mass is 10.2. The number of rotatable bonds is 0. The van der Waals surface area contributed by atoms with Gasteiger partial charge in [0.1, 0.15) is 0 Å². The van der Waals surface area contributed by atoms with E-state index in [1.54, 1.807) is 0 Å². The van der Waals surface area contributed by atoms with Crippen LogP contribution < -0.4 is 0 Å². The first-order valence-electron chi connectivity index (χ1n) is 4.83. The Morgan fingerprint density at radius 3 is 2.21 bits per heavy atom. The van der Waals surface area contributed by atoms with Crippen molar-refractivity contribution in [3.05, 3.63) is 42.7 Å².